The second kappa shape index (κ2) is 5.77. The molecule has 6 heteroatoms. The predicted octanol–water partition coefficient (Wildman–Crippen LogP) is 1.10. The Hall–Kier alpha value is -1.43. The normalized spacial score (nSPS) is 13.0. The summed E-state index contributed by atoms with van der Waals surface area (Å²) in [7, 11) is 1.64. The first-order chi connectivity index (χ1) is 8.02. The lowest BCUT2D eigenvalue weighted by molar-refractivity contribution is 0.0993. The summed E-state index contributed by atoms with van der Waals surface area (Å²) in [5.74, 6) is -0.398. The van der Waals surface area contributed by atoms with Gasteiger partial charge in [0.2, 0.25) is 0 Å². The van der Waals surface area contributed by atoms with Crippen LogP contribution in [0.3, 0.4) is 0 Å². The van der Waals surface area contributed by atoms with Gasteiger partial charge >= 0.3 is 0 Å². The number of nitrogens with zero attached hydrogens (tertiary/aromatic N) is 3. The van der Waals surface area contributed by atoms with E-state index in [0.29, 0.717) is 6.61 Å². The van der Waals surface area contributed by atoms with Crippen LogP contribution in [-0.4, -0.2) is 34.6 Å². The molecule has 0 radical (unpaired) electrons. The van der Waals surface area contributed by atoms with Gasteiger partial charge in [0.25, 0.3) is 5.91 Å². The quantitative estimate of drug-likeness (QED) is 0.807. The average Bonchev–Trinajstić information content (AvgIpc) is 2.70. The zero-order chi connectivity index (χ0) is 13.0. The molecule has 0 fully saturated rings. The van der Waals surface area contributed by atoms with Gasteiger partial charge in [-0.2, -0.15) is 0 Å². The van der Waals surface area contributed by atoms with Crippen molar-refractivity contribution in [1.82, 2.24) is 15.0 Å². The fourth-order valence-electron chi connectivity index (χ4n) is 1.84. The molecule has 6 nitrogen and oxygen atoms in total. The van der Waals surface area contributed by atoms with Crippen molar-refractivity contribution in [3.63, 3.8) is 0 Å². The van der Waals surface area contributed by atoms with Crippen molar-refractivity contribution in [3.05, 3.63) is 11.4 Å². The number of primary amides is 1. The van der Waals surface area contributed by atoms with Crippen molar-refractivity contribution in [2.45, 2.75) is 39.2 Å². The zero-order valence-corrected chi connectivity index (χ0v) is 10.8. The lowest BCUT2D eigenvalue weighted by Gasteiger charge is -2.18. The van der Waals surface area contributed by atoms with Crippen molar-refractivity contribution < 1.29 is 9.53 Å². The molecule has 1 aromatic rings. The number of hydrogen-bond acceptors (Lipinski definition) is 4. The molecule has 96 valence electrons. The van der Waals surface area contributed by atoms with Gasteiger partial charge in [-0.05, 0) is 12.3 Å². The highest BCUT2D eigenvalue weighted by Gasteiger charge is 2.23. The molecule has 0 bridgehead atoms. The minimum atomic E-state index is -0.535. The summed E-state index contributed by atoms with van der Waals surface area (Å²) in [6.07, 6.45) is 0.856. The molecule has 17 heavy (non-hydrogen) atoms. The van der Waals surface area contributed by atoms with Crippen LogP contribution < -0.4 is 5.73 Å². The summed E-state index contributed by atoms with van der Waals surface area (Å²) in [5, 5.41) is 7.91. The topological polar surface area (TPSA) is 83.0 Å². The molecule has 0 aliphatic heterocycles. The third kappa shape index (κ3) is 2.82. The number of rotatable bonds is 6. The van der Waals surface area contributed by atoms with E-state index in [0.717, 1.165) is 12.1 Å². The Kier molecular flexibility index (Phi) is 4.62. The van der Waals surface area contributed by atoms with Gasteiger partial charge < -0.3 is 10.5 Å². The van der Waals surface area contributed by atoms with Crippen LogP contribution in [0.25, 0.3) is 0 Å². The summed E-state index contributed by atoms with van der Waals surface area (Å²) >= 11 is 0. The van der Waals surface area contributed by atoms with Gasteiger partial charge in [-0.25, -0.2) is 4.68 Å². The Morgan fingerprint density at radius 1 is 1.53 bits per heavy atom. The van der Waals surface area contributed by atoms with E-state index in [9.17, 15) is 4.79 Å². The maximum atomic E-state index is 11.3. The van der Waals surface area contributed by atoms with Crippen LogP contribution in [0.15, 0.2) is 0 Å². The number of carbonyl (C=O) groups is 1. The van der Waals surface area contributed by atoms with Crippen LogP contribution in [0, 0.1) is 0 Å². The van der Waals surface area contributed by atoms with Crippen molar-refractivity contribution in [1.29, 1.82) is 0 Å². The molecular weight excluding hydrogens is 220 g/mol. The molecule has 2 N–H and O–H groups in total. The standard InChI is InChI=1S/C11H20N4O2/c1-5-8(6-17-4)15-10(7(2)3)9(11(12)16)13-14-15/h7-8H,5-6H2,1-4H3,(H2,12,16). The van der Waals surface area contributed by atoms with Crippen LogP contribution in [-0.2, 0) is 4.74 Å². The highest BCUT2D eigenvalue weighted by atomic mass is 16.5. The molecule has 1 atom stereocenters. The van der Waals surface area contributed by atoms with Crippen molar-refractivity contribution in [3.8, 4) is 0 Å². The Balaban J connectivity index is 3.19. The maximum absolute atomic E-state index is 11.3. The Bertz CT molecular complexity index is 387. The molecule has 0 saturated heterocycles. The van der Waals surface area contributed by atoms with Gasteiger partial charge in [0, 0.05) is 7.11 Å². The van der Waals surface area contributed by atoms with E-state index >= 15 is 0 Å². The number of nitrogens with two attached hydrogens (primary N) is 1. The molecule has 0 aromatic carbocycles. The van der Waals surface area contributed by atoms with Crippen LogP contribution in [0.1, 0.15) is 55.3 Å². The molecule has 0 saturated carbocycles. The lowest BCUT2D eigenvalue weighted by atomic mass is 10.1. The van der Waals surface area contributed by atoms with E-state index < -0.39 is 5.91 Å². The van der Waals surface area contributed by atoms with Gasteiger partial charge in [0.1, 0.15) is 0 Å². The molecule has 1 unspecified atom stereocenters. The second-order valence-electron chi connectivity index (χ2n) is 4.30. The third-order valence-corrected chi connectivity index (χ3v) is 2.69. The molecule has 0 spiro atoms. The van der Waals surface area contributed by atoms with Crippen LogP contribution in [0.4, 0.5) is 0 Å². The fourth-order valence-corrected chi connectivity index (χ4v) is 1.84. The van der Waals surface area contributed by atoms with Crippen molar-refractivity contribution >= 4 is 5.91 Å². The van der Waals surface area contributed by atoms with E-state index in [-0.39, 0.29) is 17.7 Å². The zero-order valence-electron chi connectivity index (χ0n) is 10.8. The minimum absolute atomic E-state index is 0.0815. The fraction of sp³-hybridized carbons (Fsp3) is 0.727. The number of aromatic nitrogens is 3. The molecule has 1 heterocycles. The summed E-state index contributed by atoms with van der Waals surface area (Å²) in [6, 6.07) is 0.0815. The SMILES string of the molecule is CCC(COC)n1nnc(C(N)=O)c1C(C)C. The summed E-state index contributed by atoms with van der Waals surface area (Å²) in [6.45, 7) is 6.56. The maximum Gasteiger partial charge on any atom is 0.271 e. The summed E-state index contributed by atoms with van der Waals surface area (Å²) in [5.41, 5.74) is 6.33. The Labute approximate surface area is 101 Å². The summed E-state index contributed by atoms with van der Waals surface area (Å²) < 4.78 is 6.91. The number of methoxy groups -OCH3 is 1. The molecule has 1 aromatic heterocycles. The largest absolute Gasteiger partial charge is 0.382 e. The van der Waals surface area contributed by atoms with Crippen molar-refractivity contribution in [2.75, 3.05) is 13.7 Å². The molecule has 1 amide bonds. The number of hydrogen-bond donors (Lipinski definition) is 1. The van der Waals surface area contributed by atoms with E-state index in [2.05, 4.69) is 10.3 Å². The van der Waals surface area contributed by atoms with E-state index in [1.54, 1.807) is 11.8 Å². The molecule has 1 rings (SSSR count). The monoisotopic (exact) mass is 240 g/mol. The third-order valence-electron chi connectivity index (χ3n) is 2.69. The van der Waals surface area contributed by atoms with Gasteiger partial charge in [-0.3, -0.25) is 4.79 Å². The minimum Gasteiger partial charge on any atom is -0.382 e. The van der Waals surface area contributed by atoms with Gasteiger partial charge in [-0.1, -0.05) is 26.0 Å². The number of amides is 1. The lowest BCUT2D eigenvalue weighted by Crippen LogP contribution is -2.20. The summed E-state index contributed by atoms with van der Waals surface area (Å²) in [4.78, 5) is 11.3. The molecular formula is C11H20N4O2. The molecule has 0 aliphatic carbocycles. The number of carbonyl (C=O) groups excluding carboxylic acids is 1. The first-order valence-electron chi connectivity index (χ1n) is 5.76. The second-order valence-corrected chi connectivity index (χ2v) is 4.30. The first-order valence-corrected chi connectivity index (χ1v) is 5.76. The predicted molar refractivity (Wildman–Crippen MR) is 63.8 cm³/mol. The van der Waals surface area contributed by atoms with Gasteiger partial charge in [0.05, 0.1) is 18.3 Å². The van der Waals surface area contributed by atoms with E-state index in [1.807, 2.05) is 20.8 Å². The van der Waals surface area contributed by atoms with Crippen LogP contribution in [0.2, 0.25) is 0 Å². The smallest absolute Gasteiger partial charge is 0.271 e. The van der Waals surface area contributed by atoms with Crippen LogP contribution in [0.5, 0.6) is 0 Å². The average molecular weight is 240 g/mol. The van der Waals surface area contributed by atoms with Crippen molar-refractivity contribution in [2.24, 2.45) is 5.73 Å². The Morgan fingerprint density at radius 3 is 2.59 bits per heavy atom. The highest BCUT2D eigenvalue weighted by molar-refractivity contribution is 5.91. The highest BCUT2D eigenvalue weighted by Crippen LogP contribution is 2.22. The van der Waals surface area contributed by atoms with Gasteiger partial charge in [0.15, 0.2) is 5.69 Å². The van der Waals surface area contributed by atoms with Crippen LogP contribution >= 0.6 is 0 Å². The first kappa shape index (κ1) is 13.6. The Morgan fingerprint density at radius 2 is 2.18 bits per heavy atom. The van der Waals surface area contributed by atoms with E-state index in [4.69, 9.17) is 10.5 Å². The van der Waals surface area contributed by atoms with E-state index in [1.165, 1.54) is 0 Å². The number of ether oxygens (including phenoxy) is 1. The van der Waals surface area contributed by atoms with Gasteiger partial charge in [-0.15, -0.1) is 5.10 Å². The molecule has 0 aliphatic rings.